The van der Waals surface area contributed by atoms with Gasteiger partial charge in [0.2, 0.25) is 5.91 Å². The number of hydrogen-bond acceptors (Lipinski definition) is 4. The molecular weight excluding hydrogens is 302 g/mol. The fourth-order valence-electron chi connectivity index (χ4n) is 2.91. The molecule has 0 unspecified atom stereocenters. The number of rotatable bonds is 4. The van der Waals surface area contributed by atoms with Crippen molar-refractivity contribution >= 4 is 23.2 Å². The zero-order valence-corrected chi connectivity index (χ0v) is 13.2. The van der Waals surface area contributed by atoms with Crippen LogP contribution >= 0.6 is 11.3 Å². The smallest absolute Gasteiger partial charge is 0.309 e. The Bertz CT molecular complexity index is 721. The average Bonchev–Trinajstić information content (AvgIpc) is 3.12. The van der Waals surface area contributed by atoms with Gasteiger partial charge in [0.25, 0.3) is 0 Å². The molecule has 2 aromatic rings. The topological polar surface area (TPSA) is 75.4 Å². The van der Waals surface area contributed by atoms with Gasteiger partial charge in [0.1, 0.15) is 0 Å². The second-order valence-corrected chi connectivity index (χ2v) is 6.91. The fourth-order valence-corrected chi connectivity index (χ4v) is 3.97. The molecule has 1 amide bonds. The lowest BCUT2D eigenvalue weighted by Crippen LogP contribution is -2.29. The molecule has 22 heavy (non-hydrogen) atoms. The first-order chi connectivity index (χ1) is 10.5. The number of carbonyl (C=O) groups excluding carboxylic acids is 1. The molecule has 3 rings (SSSR count). The van der Waals surface area contributed by atoms with Crippen LogP contribution in [0.25, 0.3) is 0 Å². The number of aliphatic carboxylic acids is 1. The first-order valence-electron chi connectivity index (χ1n) is 7.02. The minimum Gasteiger partial charge on any atom is -0.481 e. The van der Waals surface area contributed by atoms with Crippen molar-refractivity contribution in [2.45, 2.75) is 25.9 Å². The van der Waals surface area contributed by atoms with Gasteiger partial charge in [0.15, 0.2) is 0 Å². The first-order valence-corrected chi connectivity index (χ1v) is 7.83. The largest absolute Gasteiger partial charge is 0.481 e. The van der Waals surface area contributed by atoms with E-state index in [0.717, 1.165) is 15.3 Å². The van der Waals surface area contributed by atoms with Gasteiger partial charge in [-0.1, -0.05) is 0 Å². The van der Waals surface area contributed by atoms with Crippen molar-refractivity contribution in [3.63, 3.8) is 0 Å². The van der Waals surface area contributed by atoms with Crippen molar-refractivity contribution in [3.05, 3.63) is 39.8 Å². The zero-order chi connectivity index (χ0) is 15.9. The van der Waals surface area contributed by atoms with E-state index in [2.05, 4.69) is 5.10 Å². The van der Waals surface area contributed by atoms with E-state index < -0.39 is 17.9 Å². The molecule has 1 saturated heterocycles. The van der Waals surface area contributed by atoms with Crippen LogP contribution in [0.4, 0.5) is 0 Å². The van der Waals surface area contributed by atoms with Crippen molar-refractivity contribution in [3.8, 4) is 0 Å². The Morgan fingerprint density at radius 1 is 1.50 bits per heavy atom. The minimum atomic E-state index is -0.918. The van der Waals surface area contributed by atoms with E-state index >= 15 is 0 Å². The van der Waals surface area contributed by atoms with Gasteiger partial charge < -0.3 is 10.0 Å². The summed E-state index contributed by atoms with van der Waals surface area (Å²) in [6, 6.07) is 3.49. The number of likely N-dealkylation sites (tertiary alicyclic amines) is 1. The summed E-state index contributed by atoms with van der Waals surface area (Å²) >= 11 is 1.55. The maximum atomic E-state index is 12.3. The number of thiophene rings is 1. The maximum absolute atomic E-state index is 12.3. The van der Waals surface area contributed by atoms with Crippen molar-refractivity contribution in [1.82, 2.24) is 14.7 Å². The molecule has 3 heterocycles. The fraction of sp³-hybridized carbons (Fsp3) is 0.400. The third-order valence-electron chi connectivity index (χ3n) is 3.91. The molecule has 0 spiro atoms. The SMILES string of the molecule is Cc1ccc([C@H]2[C@H](C(=O)O)CC(=O)N2Cc2cnn(C)c2)s1. The number of amides is 1. The number of hydrogen-bond donors (Lipinski definition) is 1. The molecule has 7 heteroatoms. The predicted molar refractivity (Wildman–Crippen MR) is 81.3 cm³/mol. The molecule has 1 aliphatic heterocycles. The Labute approximate surface area is 132 Å². The average molecular weight is 319 g/mol. The third kappa shape index (κ3) is 2.64. The summed E-state index contributed by atoms with van der Waals surface area (Å²) in [5.74, 6) is -1.73. The van der Waals surface area contributed by atoms with Crippen molar-refractivity contribution in [2.75, 3.05) is 0 Å². The Kier molecular flexibility index (Phi) is 3.74. The van der Waals surface area contributed by atoms with Gasteiger partial charge in [-0.05, 0) is 19.1 Å². The quantitative estimate of drug-likeness (QED) is 0.935. The molecule has 0 saturated carbocycles. The lowest BCUT2D eigenvalue weighted by Gasteiger charge is -2.25. The summed E-state index contributed by atoms with van der Waals surface area (Å²) in [7, 11) is 1.81. The van der Waals surface area contributed by atoms with Crippen LogP contribution in [0.1, 0.15) is 27.8 Å². The van der Waals surface area contributed by atoms with Crippen molar-refractivity contribution < 1.29 is 14.7 Å². The standard InChI is InChI=1S/C15H17N3O3S/c1-9-3-4-12(22-9)14-11(15(20)21)5-13(19)18(14)8-10-6-16-17(2)7-10/h3-4,6-7,11,14H,5,8H2,1-2H3,(H,20,21)/t11-,14-/m1/s1. The van der Waals surface area contributed by atoms with E-state index in [9.17, 15) is 14.7 Å². The summed E-state index contributed by atoms with van der Waals surface area (Å²) in [6.45, 7) is 2.37. The zero-order valence-electron chi connectivity index (χ0n) is 12.4. The van der Waals surface area contributed by atoms with Crippen LogP contribution in [0.2, 0.25) is 0 Å². The van der Waals surface area contributed by atoms with E-state index in [4.69, 9.17) is 0 Å². The Balaban J connectivity index is 1.94. The number of aromatic nitrogens is 2. The minimum absolute atomic E-state index is 0.0528. The van der Waals surface area contributed by atoms with Crippen LogP contribution in [0.5, 0.6) is 0 Å². The van der Waals surface area contributed by atoms with Crippen LogP contribution in [0, 0.1) is 12.8 Å². The normalized spacial score (nSPS) is 21.5. The van der Waals surface area contributed by atoms with Gasteiger partial charge in [0, 0.05) is 41.5 Å². The van der Waals surface area contributed by atoms with Crippen molar-refractivity contribution in [2.24, 2.45) is 13.0 Å². The van der Waals surface area contributed by atoms with Crippen molar-refractivity contribution in [1.29, 1.82) is 0 Å². The summed E-state index contributed by atoms with van der Waals surface area (Å²) < 4.78 is 1.68. The molecule has 116 valence electrons. The molecule has 0 bridgehead atoms. The van der Waals surface area contributed by atoms with Gasteiger partial charge >= 0.3 is 5.97 Å². The third-order valence-corrected chi connectivity index (χ3v) is 4.98. The lowest BCUT2D eigenvalue weighted by molar-refractivity contribution is -0.142. The van der Waals surface area contributed by atoms with E-state index in [1.54, 1.807) is 27.1 Å². The van der Waals surface area contributed by atoms with Gasteiger partial charge in [-0.3, -0.25) is 14.3 Å². The number of aryl methyl sites for hydroxylation is 2. The first kappa shape index (κ1) is 14.8. The Morgan fingerprint density at radius 2 is 2.27 bits per heavy atom. The number of nitrogens with zero attached hydrogens (tertiary/aromatic N) is 3. The molecule has 2 atom stereocenters. The molecule has 2 aromatic heterocycles. The van der Waals surface area contributed by atoms with Crippen LogP contribution in [0.15, 0.2) is 24.5 Å². The monoisotopic (exact) mass is 319 g/mol. The Morgan fingerprint density at radius 3 is 2.82 bits per heavy atom. The summed E-state index contributed by atoms with van der Waals surface area (Å²) in [6.07, 6.45) is 3.60. The van der Waals surface area contributed by atoms with Gasteiger partial charge in [-0.2, -0.15) is 5.10 Å². The molecule has 0 aromatic carbocycles. The summed E-state index contributed by atoms with van der Waals surface area (Å²) in [5.41, 5.74) is 0.903. The van der Waals surface area contributed by atoms with Crippen LogP contribution in [0.3, 0.4) is 0 Å². The second-order valence-electron chi connectivity index (χ2n) is 5.59. The molecule has 1 fully saturated rings. The molecule has 0 radical (unpaired) electrons. The van der Waals surface area contributed by atoms with E-state index in [-0.39, 0.29) is 12.3 Å². The Hall–Kier alpha value is -2.15. The molecule has 1 N–H and O–H groups in total. The van der Waals surface area contributed by atoms with Crippen LogP contribution in [-0.2, 0) is 23.2 Å². The number of carboxylic acids is 1. The van der Waals surface area contributed by atoms with E-state index in [1.165, 1.54) is 0 Å². The van der Waals surface area contributed by atoms with Crippen LogP contribution in [-0.4, -0.2) is 31.7 Å². The molecular formula is C15H17N3O3S. The summed E-state index contributed by atoms with van der Waals surface area (Å²) in [4.78, 5) is 27.6. The molecule has 1 aliphatic rings. The van der Waals surface area contributed by atoms with Gasteiger partial charge in [0.05, 0.1) is 18.2 Å². The highest BCUT2D eigenvalue weighted by Crippen LogP contribution is 2.41. The highest BCUT2D eigenvalue weighted by atomic mass is 32.1. The van der Waals surface area contributed by atoms with Gasteiger partial charge in [-0.25, -0.2) is 0 Å². The highest BCUT2D eigenvalue weighted by molar-refractivity contribution is 7.12. The second kappa shape index (κ2) is 5.57. The highest BCUT2D eigenvalue weighted by Gasteiger charge is 2.45. The molecule has 6 nitrogen and oxygen atoms in total. The number of carboxylic acid groups (broad SMARTS) is 1. The lowest BCUT2D eigenvalue weighted by atomic mass is 9.99. The predicted octanol–water partition coefficient (Wildman–Crippen LogP) is 1.96. The number of carbonyl (C=O) groups is 2. The van der Waals surface area contributed by atoms with E-state index in [0.29, 0.717) is 6.54 Å². The molecule has 0 aliphatic carbocycles. The maximum Gasteiger partial charge on any atom is 0.309 e. The van der Waals surface area contributed by atoms with Gasteiger partial charge in [-0.15, -0.1) is 11.3 Å². The summed E-state index contributed by atoms with van der Waals surface area (Å²) in [5, 5.41) is 13.6. The van der Waals surface area contributed by atoms with E-state index in [1.807, 2.05) is 32.3 Å². The van der Waals surface area contributed by atoms with Crippen LogP contribution < -0.4 is 0 Å².